The van der Waals surface area contributed by atoms with Crippen LogP contribution in [0.4, 0.5) is 0 Å². The Labute approximate surface area is 180 Å². The summed E-state index contributed by atoms with van der Waals surface area (Å²) in [4.78, 5) is 21.3. The van der Waals surface area contributed by atoms with Crippen molar-refractivity contribution in [2.45, 2.75) is 84.1 Å². The standard InChI is InChI=1S/C19H37NO5.Na/c1-16(2)9-6-4-3-5-7-13-25-14-8-10-17(15-19(23)24)20-12-11-18(21)22;/h16-17,20H,3-15H2,1-2H3,(H,21,22)(H,23,24);. The summed E-state index contributed by atoms with van der Waals surface area (Å²) in [6.45, 7) is 6.21. The van der Waals surface area contributed by atoms with E-state index in [0.29, 0.717) is 19.6 Å². The number of carboxylic acid groups (broad SMARTS) is 2. The van der Waals surface area contributed by atoms with Crippen LogP contribution in [0.25, 0.3) is 0 Å². The molecule has 149 valence electrons. The predicted molar refractivity (Wildman–Crippen MR) is 105 cm³/mol. The molecule has 0 fully saturated rings. The Hall–Kier alpha value is -0.140. The summed E-state index contributed by atoms with van der Waals surface area (Å²) in [5.41, 5.74) is 0. The molecule has 0 heterocycles. The summed E-state index contributed by atoms with van der Waals surface area (Å²) in [6.07, 6.45) is 8.97. The van der Waals surface area contributed by atoms with Gasteiger partial charge in [0.25, 0.3) is 0 Å². The van der Waals surface area contributed by atoms with Gasteiger partial charge in [0.15, 0.2) is 0 Å². The van der Waals surface area contributed by atoms with E-state index in [1.165, 1.54) is 32.1 Å². The van der Waals surface area contributed by atoms with Crippen molar-refractivity contribution < 1.29 is 24.5 Å². The van der Waals surface area contributed by atoms with Crippen LogP contribution in [0.1, 0.15) is 78.1 Å². The zero-order chi connectivity index (χ0) is 18.9. The van der Waals surface area contributed by atoms with E-state index in [1.54, 1.807) is 0 Å². The molecule has 1 radical (unpaired) electrons. The van der Waals surface area contributed by atoms with Crippen molar-refractivity contribution in [1.82, 2.24) is 5.32 Å². The van der Waals surface area contributed by atoms with Crippen LogP contribution in [0.15, 0.2) is 0 Å². The number of aliphatic carboxylic acids is 2. The number of unbranched alkanes of at least 4 members (excludes halogenated alkanes) is 4. The van der Waals surface area contributed by atoms with E-state index >= 15 is 0 Å². The third-order valence-corrected chi connectivity index (χ3v) is 4.10. The minimum atomic E-state index is -0.880. The molecule has 0 spiro atoms. The van der Waals surface area contributed by atoms with Gasteiger partial charge in [-0.2, -0.15) is 0 Å². The number of carboxylic acids is 2. The zero-order valence-electron chi connectivity index (χ0n) is 17.0. The van der Waals surface area contributed by atoms with Crippen molar-refractivity contribution in [3.05, 3.63) is 0 Å². The summed E-state index contributed by atoms with van der Waals surface area (Å²) in [7, 11) is 0. The summed E-state index contributed by atoms with van der Waals surface area (Å²) in [5, 5.41) is 20.5. The Balaban J connectivity index is 0. The molecule has 1 atom stereocenters. The largest absolute Gasteiger partial charge is 0.481 e. The van der Waals surface area contributed by atoms with E-state index < -0.39 is 11.9 Å². The molecule has 0 saturated carbocycles. The molecule has 0 bridgehead atoms. The van der Waals surface area contributed by atoms with Crippen molar-refractivity contribution >= 4 is 41.5 Å². The predicted octanol–water partition coefficient (Wildman–Crippen LogP) is 3.31. The van der Waals surface area contributed by atoms with Crippen molar-refractivity contribution in [3.63, 3.8) is 0 Å². The molecule has 0 amide bonds. The van der Waals surface area contributed by atoms with Gasteiger partial charge in [-0.15, -0.1) is 0 Å². The Bertz CT molecular complexity index is 353. The van der Waals surface area contributed by atoms with Crippen LogP contribution in [-0.2, 0) is 14.3 Å². The topological polar surface area (TPSA) is 95.9 Å². The molecule has 0 saturated heterocycles. The van der Waals surface area contributed by atoms with Crippen LogP contribution in [0.3, 0.4) is 0 Å². The number of carbonyl (C=O) groups is 2. The van der Waals surface area contributed by atoms with Crippen LogP contribution in [0.5, 0.6) is 0 Å². The van der Waals surface area contributed by atoms with Gasteiger partial charge in [-0.05, 0) is 25.2 Å². The van der Waals surface area contributed by atoms with Gasteiger partial charge in [0.1, 0.15) is 0 Å². The van der Waals surface area contributed by atoms with Crippen molar-refractivity contribution in [2.24, 2.45) is 5.92 Å². The molecule has 0 aliphatic heterocycles. The van der Waals surface area contributed by atoms with Crippen molar-refractivity contribution in [1.29, 1.82) is 0 Å². The average molecular weight is 382 g/mol. The Kier molecular flexibility index (Phi) is 21.2. The second kappa shape index (κ2) is 19.6. The first-order valence-electron chi connectivity index (χ1n) is 9.66. The number of hydrogen-bond acceptors (Lipinski definition) is 4. The second-order valence-electron chi connectivity index (χ2n) is 7.10. The van der Waals surface area contributed by atoms with Gasteiger partial charge >= 0.3 is 11.9 Å². The van der Waals surface area contributed by atoms with Gasteiger partial charge < -0.3 is 20.3 Å². The molecule has 6 nitrogen and oxygen atoms in total. The van der Waals surface area contributed by atoms with E-state index in [9.17, 15) is 9.59 Å². The molecule has 0 aliphatic rings. The molecule has 0 rings (SSSR count). The third-order valence-electron chi connectivity index (χ3n) is 4.10. The quantitative estimate of drug-likeness (QED) is 0.249. The van der Waals surface area contributed by atoms with Gasteiger partial charge in [-0.25, -0.2) is 0 Å². The molecular formula is C19H37NNaO5. The van der Waals surface area contributed by atoms with Crippen LogP contribution in [-0.4, -0.2) is 77.5 Å². The molecule has 0 aromatic heterocycles. The molecule has 26 heavy (non-hydrogen) atoms. The van der Waals surface area contributed by atoms with Gasteiger partial charge in [0, 0.05) is 55.4 Å². The summed E-state index contributed by atoms with van der Waals surface area (Å²) < 4.78 is 5.61. The monoisotopic (exact) mass is 382 g/mol. The smallest absolute Gasteiger partial charge is 0.304 e. The number of nitrogens with one attached hydrogen (secondary N) is 1. The maximum atomic E-state index is 10.8. The summed E-state index contributed by atoms with van der Waals surface area (Å²) in [6, 6.07) is -0.193. The molecule has 7 heteroatoms. The van der Waals surface area contributed by atoms with Crippen molar-refractivity contribution in [2.75, 3.05) is 19.8 Å². The maximum absolute atomic E-state index is 10.8. The first kappa shape index (κ1) is 28.1. The zero-order valence-corrected chi connectivity index (χ0v) is 19.0. The molecular weight excluding hydrogens is 345 g/mol. The fourth-order valence-electron chi connectivity index (χ4n) is 2.69. The third kappa shape index (κ3) is 21.9. The first-order valence-corrected chi connectivity index (χ1v) is 9.66. The Morgan fingerprint density at radius 3 is 2.12 bits per heavy atom. The van der Waals surface area contributed by atoms with E-state index in [1.807, 2.05) is 0 Å². The maximum Gasteiger partial charge on any atom is 0.304 e. The minimum absolute atomic E-state index is 0. The molecule has 3 N–H and O–H groups in total. The fourth-order valence-corrected chi connectivity index (χ4v) is 2.69. The van der Waals surface area contributed by atoms with Crippen LogP contribution < -0.4 is 5.32 Å². The molecule has 0 aromatic carbocycles. The van der Waals surface area contributed by atoms with Gasteiger partial charge in [-0.3, -0.25) is 9.59 Å². The molecule has 1 unspecified atom stereocenters. The van der Waals surface area contributed by atoms with Gasteiger partial charge in [-0.1, -0.05) is 46.0 Å². The minimum Gasteiger partial charge on any atom is -0.481 e. The summed E-state index contributed by atoms with van der Waals surface area (Å²) >= 11 is 0. The number of rotatable bonds is 18. The van der Waals surface area contributed by atoms with E-state index in [-0.39, 0.29) is 48.4 Å². The van der Waals surface area contributed by atoms with E-state index in [0.717, 1.165) is 25.4 Å². The van der Waals surface area contributed by atoms with Crippen LogP contribution in [0.2, 0.25) is 0 Å². The van der Waals surface area contributed by atoms with E-state index in [2.05, 4.69) is 19.2 Å². The van der Waals surface area contributed by atoms with Gasteiger partial charge in [0.05, 0.1) is 12.8 Å². The van der Waals surface area contributed by atoms with E-state index in [4.69, 9.17) is 14.9 Å². The fraction of sp³-hybridized carbons (Fsp3) is 0.895. The SMILES string of the molecule is CC(C)CCCCCCCOCCCC(CC(=O)O)NCCC(=O)O.[Na]. The van der Waals surface area contributed by atoms with Crippen LogP contribution in [0, 0.1) is 5.92 Å². The van der Waals surface area contributed by atoms with Crippen LogP contribution >= 0.6 is 0 Å². The number of ether oxygens (including phenoxy) is 1. The van der Waals surface area contributed by atoms with Crippen molar-refractivity contribution in [3.8, 4) is 0 Å². The average Bonchev–Trinajstić information content (AvgIpc) is 2.51. The first-order chi connectivity index (χ1) is 11.9. The Morgan fingerprint density at radius 2 is 1.50 bits per heavy atom. The second-order valence-corrected chi connectivity index (χ2v) is 7.10. The molecule has 0 aliphatic carbocycles. The Morgan fingerprint density at radius 1 is 0.885 bits per heavy atom. The van der Waals surface area contributed by atoms with Gasteiger partial charge in [0.2, 0.25) is 0 Å². The normalized spacial score (nSPS) is 12.0. The number of hydrogen-bond donors (Lipinski definition) is 3. The summed E-state index contributed by atoms with van der Waals surface area (Å²) in [5.74, 6) is -0.952. The molecule has 0 aromatic rings.